The van der Waals surface area contributed by atoms with E-state index in [-0.39, 0.29) is 11.1 Å². The molecule has 3 aromatic carbocycles. The van der Waals surface area contributed by atoms with Gasteiger partial charge in [-0.2, -0.15) is 10.1 Å². The zero-order valence-electron chi connectivity index (χ0n) is 25.0. The Kier molecular flexibility index (Phi) is 7.94. The van der Waals surface area contributed by atoms with Crippen molar-refractivity contribution >= 4 is 41.4 Å². The van der Waals surface area contributed by atoms with Crippen LogP contribution in [-0.4, -0.2) is 40.7 Å². The molecule has 6 rings (SSSR count). The molecule has 2 N–H and O–H groups in total. The lowest BCUT2D eigenvalue weighted by Gasteiger charge is -2.44. The van der Waals surface area contributed by atoms with Crippen LogP contribution in [-0.2, 0) is 23.9 Å². The second-order valence-corrected chi connectivity index (χ2v) is 16.5. The second kappa shape index (κ2) is 11.8. The van der Waals surface area contributed by atoms with Crippen LogP contribution >= 0.6 is 0 Å². The molecule has 216 valence electrons. The number of fused-ring (bicyclic) bond motifs is 2. The molecule has 1 atom stereocenters. The number of aromatic nitrogens is 4. The first-order chi connectivity index (χ1) is 20.3. The fourth-order valence-electron chi connectivity index (χ4n) is 6.13. The van der Waals surface area contributed by atoms with Gasteiger partial charge < -0.3 is 15.1 Å². The zero-order valence-corrected chi connectivity index (χ0v) is 26.0. The summed E-state index contributed by atoms with van der Waals surface area (Å²) in [5.74, 6) is 0.574. The van der Waals surface area contributed by atoms with Gasteiger partial charge in [-0.25, -0.2) is 9.67 Å². The van der Waals surface area contributed by atoms with Crippen LogP contribution in [0.1, 0.15) is 45.2 Å². The van der Waals surface area contributed by atoms with E-state index in [0.29, 0.717) is 12.5 Å². The quantitative estimate of drug-likeness (QED) is 0.224. The van der Waals surface area contributed by atoms with Crippen LogP contribution in [0.15, 0.2) is 91.3 Å². The average molecular weight is 577 g/mol. The summed E-state index contributed by atoms with van der Waals surface area (Å²) >= 11 is 0. The highest BCUT2D eigenvalue weighted by Gasteiger charge is 2.50. The molecular formula is C34H40N6OSi. The molecule has 8 heteroatoms. The standard InChI is InChI=1S/C34H40N6OSi/c1-25(41-42(34(2,3)4,30-11-7-5-8-12-30)31-13-9-6-10-14-31)18-20-40-32-28(24-37-40)23-36-33(39-32)38-29-16-15-26-17-19-35-22-27(26)21-29/h5-16,21,23-25,35H,17-20,22H2,1-4H3,(H,36,38,39). The van der Waals surface area contributed by atoms with Gasteiger partial charge in [-0.15, -0.1) is 0 Å². The van der Waals surface area contributed by atoms with Crippen LogP contribution in [0.3, 0.4) is 0 Å². The highest BCUT2D eigenvalue weighted by molar-refractivity contribution is 6.99. The summed E-state index contributed by atoms with van der Waals surface area (Å²) < 4.78 is 9.26. The molecule has 1 aliphatic heterocycles. The zero-order chi connectivity index (χ0) is 29.2. The minimum Gasteiger partial charge on any atom is -0.405 e. The molecule has 0 amide bonds. The monoisotopic (exact) mass is 576 g/mol. The predicted octanol–water partition coefficient (Wildman–Crippen LogP) is 5.57. The fourth-order valence-corrected chi connectivity index (χ4v) is 10.9. The Bertz CT molecular complexity index is 1610. The van der Waals surface area contributed by atoms with Gasteiger partial charge in [0.1, 0.15) is 0 Å². The summed E-state index contributed by atoms with van der Waals surface area (Å²) in [5, 5.41) is 15.0. The van der Waals surface area contributed by atoms with Crippen molar-refractivity contribution in [3.05, 3.63) is 102 Å². The van der Waals surface area contributed by atoms with Gasteiger partial charge >= 0.3 is 0 Å². The molecule has 0 fully saturated rings. The lowest BCUT2D eigenvalue weighted by Crippen LogP contribution is -2.67. The fraction of sp³-hybridized carbons (Fsp3) is 0.324. The smallest absolute Gasteiger partial charge is 0.261 e. The van der Waals surface area contributed by atoms with Crippen molar-refractivity contribution in [2.75, 3.05) is 11.9 Å². The molecule has 0 aliphatic carbocycles. The third kappa shape index (κ3) is 5.62. The van der Waals surface area contributed by atoms with Gasteiger partial charge in [0.25, 0.3) is 8.32 Å². The van der Waals surface area contributed by atoms with Gasteiger partial charge in [0.2, 0.25) is 5.95 Å². The Morgan fingerprint density at radius 2 is 1.67 bits per heavy atom. The number of nitrogens with zero attached hydrogens (tertiary/aromatic N) is 4. The Labute approximate surface area is 249 Å². The third-order valence-corrected chi connectivity index (χ3v) is 13.4. The van der Waals surface area contributed by atoms with E-state index < -0.39 is 8.32 Å². The number of aryl methyl sites for hydroxylation is 1. The Morgan fingerprint density at radius 3 is 2.36 bits per heavy atom. The number of hydrogen-bond acceptors (Lipinski definition) is 6. The molecule has 1 aliphatic rings. The topological polar surface area (TPSA) is 76.9 Å². The van der Waals surface area contributed by atoms with E-state index >= 15 is 0 Å². The first kappa shape index (κ1) is 28.3. The summed E-state index contributed by atoms with van der Waals surface area (Å²) in [5.41, 5.74) is 4.55. The molecule has 0 saturated heterocycles. The van der Waals surface area contributed by atoms with E-state index in [4.69, 9.17) is 9.41 Å². The van der Waals surface area contributed by atoms with Crippen molar-refractivity contribution in [1.29, 1.82) is 0 Å². The first-order valence-corrected chi connectivity index (χ1v) is 16.8. The lowest BCUT2D eigenvalue weighted by molar-refractivity contribution is 0.188. The number of benzene rings is 3. The van der Waals surface area contributed by atoms with Crippen molar-refractivity contribution in [2.45, 2.75) is 64.8 Å². The van der Waals surface area contributed by atoms with E-state index in [1.54, 1.807) is 0 Å². The summed E-state index contributed by atoms with van der Waals surface area (Å²) in [7, 11) is -2.62. The molecule has 0 radical (unpaired) electrons. The molecule has 2 aromatic heterocycles. The highest BCUT2D eigenvalue weighted by Crippen LogP contribution is 2.38. The van der Waals surface area contributed by atoms with Crippen LogP contribution in [0.2, 0.25) is 5.04 Å². The Morgan fingerprint density at radius 1 is 0.952 bits per heavy atom. The minimum atomic E-state index is -2.62. The largest absolute Gasteiger partial charge is 0.405 e. The maximum absolute atomic E-state index is 7.28. The van der Waals surface area contributed by atoms with Crippen LogP contribution in [0, 0.1) is 0 Å². The van der Waals surface area contributed by atoms with Crippen LogP contribution in [0.4, 0.5) is 11.6 Å². The van der Waals surface area contributed by atoms with E-state index in [0.717, 1.165) is 42.7 Å². The number of anilines is 2. The summed E-state index contributed by atoms with van der Waals surface area (Å²) in [6.07, 6.45) is 5.58. The first-order valence-electron chi connectivity index (χ1n) is 14.9. The normalized spacial score (nSPS) is 14.5. The van der Waals surface area contributed by atoms with E-state index in [9.17, 15) is 0 Å². The Hall–Kier alpha value is -3.85. The van der Waals surface area contributed by atoms with Gasteiger partial charge in [-0.1, -0.05) is 87.5 Å². The maximum Gasteiger partial charge on any atom is 0.261 e. The van der Waals surface area contributed by atoms with Crippen molar-refractivity contribution in [3.8, 4) is 0 Å². The average Bonchev–Trinajstić information content (AvgIpc) is 3.41. The predicted molar refractivity (Wildman–Crippen MR) is 173 cm³/mol. The van der Waals surface area contributed by atoms with Gasteiger partial charge in [0.15, 0.2) is 5.65 Å². The molecule has 42 heavy (non-hydrogen) atoms. The van der Waals surface area contributed by atoms with Crippen molar-refractivity contribution in [2.24, 2.45) is 0 Å². The van der Waals surface area contributed by atoms with E-state index in [2.05, 4.69) is 127 Å². The van der Waals surface area contributed by atoms with Crippen molar-refractivity contribution in [1.82, 2.24) is 25.1 Å². The highest BCUT2D eigenvalue weighted by atomic mass is 28.4. The SMILES string of the molecule is CC(CCn1ncc2cnc(Nc3ccc4c(c3)CNCC4)nc21)O[Si](c1ccccc1)(c1ccccc1)C(C)(C)C. The molecule has 1 unspecified atom stereocenters. The van der Waals surface area contributed by atoms with Crippen LogP contribution in [0.5, 0.6) is 0 Å². The molecular weight excluding hydrogens is 537 g/mol. The molecule has 0 spiro atoms. The summed E-state index contributed by atoms with van der Waals surface area (Å²) in [6.45, 7) is 11.8. The van der Waals surface area contributed by atoms with Gasteiger partial charge in [0.05, 0.1) is 11.6 Å². The number of hydrogen-bond donors (Lipinski definition) is 2. The third-order valence-electron chi connectivity index (χ3n) is 8.27. The molecule has 0 bridgehead atoms. The second-order valence-electron chi connectivity index (χ2n) is 12.3. The van der Waals surface area contributed by atoms with Crippen molar-refractivity contribution < 1.29 is 4.43 Å². The van der Waals surface area contributed by atoms with Gasteiger partial charge in [-0.05, 0) is 65.0 Å². The number of rotatable bonds is 9. The van der Waals surface area contributed by atoms with Crippen LogP contribution < -0.4 is 21.0 Å². The molecule has 5 aromatic rings. The van der Waals surface area contributed by atoms with Gasteiger partial charge in [-0.3, -0.25) is 0 Å². The van der Waals surface area contributed by atoms with Crippen LogP contribution in [0.25, 0.3) is 11.0 Å². The molecule has 0 saturated carbocycles. The lowest BCUT2D eigenvalue weighted by atomic mass is 10.0. The summed E-state index contributed by atoms with van der Waals surface area (Å²) in [4.78, 5) is 9.42. The van der Waals surface area contributed by atoms with Gasteiger partial charge in [0, 0.05) is 31.1 Å². The van der Waals surface area contributed by atoms with Crippen molar-refractivity contribution in [3.63, 3.8) is 0 Å². The molecule has 7 nitrogen and oxygen atoms in total. The number of nitrogens with one attached hydrogen (secondary N) is 2. The van der Waals surface area contributed by atoms with E-state index in [1.165, 1.54) is 21.5 Å². The Balaban J connectivity index is 1.22. The maximum atomic E-state index is 7.28. The minimum absolute atomic E-state index is 0.0130. The van der Waals surface area contributed by atoms with E-state index in [1.807, 2.05) is 17.1 Å². The molecule has 3 heterocycles. The summed E-state index contributed by atoms with van der Waals surface area (Å²) in [6, 6.07) is 28.1.